The van der Waals surface area contributed by atoms with E-state index in [0.717, 1.165) is 12.0 Å². The number of fused-ring (bicyclic) bond motifs is 1. The molecule has 2 saturated heterocycles. The van der Waals surface area contributed by atoms with E-state index in [0.29, 0.717) is 103 Å². The number of piperazine rings is 1. The molecule has 2 atom stereocenters. The molecule has 4 aromatic rings. The molecule has 0 saturated carbocycles. The van der Waals surface area contributed by atoms with Gasteiger partial charge in [0.05, 0.1) is 24.7 Å². The summed E-state index contributed by atoms with van der Waals surface area (Å²) < 4.78 is 17.0. The van der Waals surface area contributed by atoms with Crippen molar-refractivity contribution in [2.24, 2.45) is 5.92 Å². The van der Waals surface area contributed by atoms with Gasteiger partial charge in [0.25, 0.3) is 5.91 Å². The highest BCUT2D eigenvalue weighted by atomic mass is 32.1. The Morgan fingerprint density at radius 3 is 2.29 bits per heavy atom. The van der Waals surface area contributed by atoms with Gasteiger partial charge in [-0.1, -0.05) is 49.5 Å². The average Bonchev–Trinajstić information content (AvgIpc) is 3.67. The van der Waals surface area contributed by atoms with Crippen LogP contribution in [-0.4, -0.2) is 95.3 Å². The molecule has 3 aromatic carbocycles. The number of ketones is 1. The van der Waals surface area contributed by atoms with Crippen LogP contribution in [0.5, 0.6) is 17.2 Å². The molecular weight excluding hydrogens is 681 g/mol. The number of carbonyl (C=O) groups is 3. The van der Waals surface area contributed by atoms with Gasteiger partial charge in [0, 0.05) is 62.1 Å². The van der Waals surface area contributed by atoms with Gasteiger partial charge in [-0.05, 0) is 55.7 Å². The van der Waals surface area contributed by atoms with E-state index < -0.39 is 6.04 Å². The number of amides is 2. The number of likely N-dealkylation sites (tertiary alicyclic amines) is 1. The summed E-state index contributed by atoms with van der Waals surface area (Å²) in [6.07, 6.45) is 1.77. The SMILES string of the molecule is COc1cc2nc(N3CCN(C(=O)c4ccc(OCc5ccccc5)cc4)CC3)nc(NC(=O)[C@H]3CCCN3C(=S)C(C)CC(C)=O)c2cc1OC. The minimum absolute atomic E-state index is 0.0588. The fourth-order valence-corrected chi connectivity index (χ4v) is 7.01. The van der Waals surface area contributed by atoms with Gasteiger partial charge >= 0.3 is 0 Å². The second-order valence-electron chi connectivity index (χ2n) is 13.2. The summed E-state index contributed by atoms with van der Waals surface area (Å²) in [7, 11) is 3.10. The molecule has 13 heteroatoms. The van der Waals surface area contributed by atoms with Crippen molar-refractivity contribution in [3.8, 4) is 17.2 Å². The molecule has 3 heterocycles. The zero-order chi connectivity index (χ0) is 36.8. The number of nitrogens with one attached hydrogen (secondary N) is 1. The highest BCUT2D eigenvalue weighted by Crippen LogP contribution is 2.36. The number of Topliss-reactive ketones (excluding diaryl/α,β-unsaturated/α-hetero) is 1. The van der Waals surface area contributed by atoms with Crippen LogP contribution in [-0.2, 0) is 16.2 Å². The van der Waals surface area contributed by atoms with Gasteiger partial charge in [0.1, 0.15) is 30.0 Å². The molecule has 272 valence electrons. The molecule has 2 aliphatic heterocycles. The Labute approximate surface area is 309 Å². The number of nitrogens with zero attached hydrogens (tertiary/aromatic N) is 5. The number of hydrogen-bond acceptors (Lipinski definition) is 10. The largest absolute Gasteiger partial charge is 0.493 e. The third-order valence-corrected chi connectivity index (χ3v) is 10.1. The summed E-state index contributed by atoms with van der Waals surface area (Å²) in [4.78, 5) is 55.2. The summed E-state index contributed by atoms with van der Waals surface area (Å²) in [5, 5.41) is 3.67. The molecular formula is C39H44N6O6S. The molecule has 2 amide bonds. The lowest BCUT2D eigenvalue weighted by Gasteiger charge is -2.35. The maximum absolute atomic E-state index is 13.9. The van der Waals surface area contributed by atoms with Crippen LogP contribution in [0, 0.1) is 5.92 Å². The van der Waals surface area contributed by atoms with E-state index in [1.54, 1.807) is 45.4 Å². The van der Waals surface area contributed by atoms with Crippen LogP contribution in [0.25, 0.3) is 10.9 Å². The van der Waals surface area contributed by atoms with E-state index in [9.17, 15) is 14.4 Å². The van der Waals surface area contributed by atoms with Crippen molar-refractivity contribution in [2.75, 3.05) is 57.2 Å². The number of thiocarbonyl (C=S) groups is 1. The van der Waals surface area contributed by atoms with Crippen molar-refractivity contribution in [2.45, 2.75) is 45.8 Å². The van der Waals surface area contributed by atoms with Gasteiger partial charge in [0.2, 0.25) is 11.9 Å². The molecule has 2 aliphatic rings. The lowest BCUT2D eigenvalue weighted by molar-refractivity contribution is -0.119. The fourth-order valence-electron chi connectivity index (χ4n) is 6.71. The predicted octanol–water partition coefficient (Wildman–Crippen LogP) is 5.53. The first-order valence-corrected chi connectivity index (χ1v) is 17.9. The van der Waals surface area contributed by atoms with Gasteiger partial charge in [-0.25, -0.2) is 4.98 Å². The minimum Gasteiger partial charge on any atom is -0.493 e. The van der Waals surface area contributed by atoms with Gasteiger partial charge < -0.3 is 39.0 Å². The molecule has 1 N–H and O–H groups in total. The van der Waals surface area contributed by atoms with E-state index in [1.807, 2.05) is 64.1 Å². The predicted molar refractivity (Wildman–Crippen MR) is 203 cm³/mol. The van der Waals surface area contributed by atoms with Crippen LogP contribution < -0.4 is 24.4 Å². The highest BCUT2D eigenvalue weighted by Gasteiger charge is 2.35. The van der Waals surface area contributed by atoms with Crippen molar-refractivity contribution < 1.29 is 28.6 Å². The number of ether oxygens (including phenoxy) is 3. The molecule has 6 rings (SSSR count). The number of methoxy groups -OCH3 is 2. The van der Waals surface area contributed by atoms with Crippen molar-refractivity contribution in [1.82, 2.24) is 19.8 Å². The second-order valence-corrected chi connectivity index (χ2v) is 13.6. The maximum atomic E-state index is 13.9. The molecule has 52 heavy (non-hydrogen) atoms. The second kappa shape index (κ2) is 16.4. The van der Waals surface area contributed by atoms with Gasteiger partial charge in [-0.2, -0.15) is 4.98 Å². The third kappa shape index (κ3) is 8.25. The Morgan fingerprint density at radius 2 is 1.62 bits per heavy atom. The number of carbonyl (C=O) groups excluding carboxylic acids is 3. The number of hydrogen-bond donors (Lipinski definition) is 1. The Balaban J connectivity index is 1.17. The van der Waals surface area contributed by atoms with Crippen LogP contribution in [0.1, 0.15) is 49.0 Å². The first-order valence-electron chi connectivity index (χ1n) is 17.5. The van der Waals surface area contributed by atoms with Crippen LogP contribution in [0.3, 0.4) is 0 Å². The lowest BCUT2D eigenvalue weighted by atomic mass is 10.0. The Hall–Kier alpha value is -5.30. The first kappa shape index (κ1) is 36.5. The van der Waals surface area contributed by atoms with E-state index in [2.05, 4.69) is 5.32 Å². The van der Waals surface area contributed by atoms with E-state index in [-0.39, 0.29) is 23.5 Å². The summed E-state index contributed by atoms with van der Waals surface area (Å²) in [5.41, 5.74) is 2.23. The molecule has 0 spiro atoms. The Morgan fingerprint density at radius 1 is 0.923 bits per heavy atom. The molecule has 0 aliphatic carbocycles. The maximum Gasteiger partial charge on any atom is 0.253 e. The topological polar surface area (TPSA) is 126 Å². The van der Waals surface area contributed by atoms with Gasteiger partial charge in [0.15, 0.2) is 11.5 Å². The van der Waals surface area contributed by atoms with E-state index in [1.165, 1.54) is 0 Å². The zero-order valence-electron chi connectivity index (χ0n) is 30.0. The standard InChI is InChI=1S/C39H44N6O6S/c1-25(21-26(2)46)38(52)45-16-8-11-32(45)36(47)41-35-30-22-33(49-3)34(50-4)23-31(30)40-39(42-35)44-19-17-43(18-20-44)37(48)28-12-14-29(15-13-28)51-24-27-9-6-5-7-10-27/h5-7,9-10,12-15,22-23,25,32H,8,11,16-21,24H2,1-4H3,(H,40,41,42,47)/t25?,32-/m1/s1. The van der Waals surface area contributed by atoms with Crippen molar-refractivity contribution >= 4 is 57.5 Å². The number of aromatic nitrogens is 2. The number of rotatable bonds is 12. The van der Waals surface area contributed by atoms with Crippen LogP contribution in [0.4, 0.5) is 11.8 Å². The zero-order valence-corrected chi connectivity index (χ0v) is 30.8. The van der Waals surface area contributed by atoms with E-state index >= 15 is 0 Å². The number of benzene rings is 3. The minimum atomic E-state index is -0.491. The summed E-state index contributed by atoms with van der Waals surface area (Å²) >= 11 is 5.75. The molecule has 1 aromatic heterocycles. The third-order valence-electron chi connectivity index (χ3n) is 9.48. The van der Waals surface area contributed by atoms with Gasteiger partial charge in [-0.3, -0.25) is 9.59 Å². The van der Waals surface area contributed by atoms with Crippen molar-refractivity contribution in [1.29, 1.82) is 0 Å². The smallest absolute Gasteiger partial charge is 0.253 e. The summed E-state index contributed by atoms with van der Waals surface area (Å²) in [5.74, 6) is 2.06. The summed E-state index contributed by atoms with van der Waals surface area (Å²) in [6.45, 7) is 6.49. The van der Waals surface area contributed by atoms with E-state index in [4.69, 9.17) is 36.4 Å². The van der Waals surface area contributed by atoms with Crippen molar-refractivity contribution in [3.05, 3.63) is 77.9 Å². The van der Waals surface area contributed by atoms with Crippen LogP contribution >= 0.6 is 12.2 Å². The van der Waals surface area contributed by atoms with Crippen molar-refractivity contribution in [3.63, 3.8) is 0 Å². The normalized spacial score (nSPS) is 16.4. The highest BCUT2D eigenvalue weighted by molar-refractivity contribution is 7.80. The molecule has 12 nitrogen and oxygen atoms in total. The Kier molecular flexibility index (Phi) is 11.5. The molecule has 2 fully saturated rings. The molecule has 0 radical (unpaired) electrons. The lowest BCUT2D eigenvalue weighted by Crippen LogP contribution is -2.49. The van der Waals surface area contributed by atoms with Crippen LogP contribution in [0.2, 0.25) is 0 Å². The monoisotopic (exact) mass is 724 g/mol. The van der Waals surface area contributed by atoms with Gasteiger partial charge in [-0.15, -0.1) is 0 Å². The quantitative estimate of drug-likeness (QED) is 0.185. The first-order chi connectivity index (χ1) is 25.1. The van der Waals surface area contributed by atoms with Crippen LogP contribution in [0.15, 0.2) is 66.7 Å². The number of anilines is 2. The average molecular weight is 725 g/mol. The Bertz CT molecular complexity index is 1930. The summed E-state index contributed by atoms with van der Waals surface area (Å²) in [6, 6.07) is 20.2. The molecule has 1 unspecified atom stereocenters. The fraction of sp³-hybridized carbons (Fsp3) is 0.385. The molecule has 0 bridgehead atoms.